The second kappa shape index (κ2) is 10.9. The lowest BCUT2D eigenvalue weighted by molar-refractivity contribution is -0.277. The van der Waals surface area contributed by atoms with Crippen molar-refractivity contribution in [3.63, 3.8) is 0 Å². The predicted molar refractivity (Wildman–Crippen MR) is 130 cm³/mol. The van der Waals surface area contributed by atoms with E-state index in [1.807, 2.05) is 0 Å². The van der Waals surface area contributed by atoms with E-state index in [4.69, 9.17) is 32.8 Å². The average Bonchev–Trinajstić information content (AvgIpc) is 2.91. The van der Waals surface area contributed by atoms with Crippen LogP contribution in [0.1, 0.15) is 0 Å². The van der Waals surface area contributed by atoms with E-state index in [1.165, 1.54) is 46.6 Å². The second-order valence-electron chi connectivity index (χ2n) is 8.33. The number of hydrogen-bond acceptors (Lipinski definition) is 13. The number of phenols is 1. The lowest BCUT2D eigenvalue weighted by Gasteiger charge is -2.39. The first kappa shape index (κ1) is 27.3. The topological polar surface area (TPSA) is 187 Å². The van der Waals surface area contributed by atoms with Crippen molar-refractivity contribution in [2.45, 2.75) is 30.7 Å². The Morgan fingerprint density at radius 2 is 1.55 bits per heavy atom. The number of benzene rings is 2. The number of aliphatic hydroxyl groups excluding tert-OH is 4. The van der Waals surface area contributed by atoms with E-state index in [9.17, 15) is 30.3 Å². The fourth-order valence-corrected chi connectivity index (χ4v) is 4.21. The zero-order valence-corrected chi connectivity index (χ0v) is 20.9. The minimum Gasteiger partial charge on any atom is -0.507 e. The Bertz CT molecular complexity index is 1370. The molecule has 5 N–H and O–H groups in total. The van der Waals surface area contributed by atoms with Gasteiger partial charge in [0.25, 0.3) is 0 Å². The fraction of sp³-hybridized carbons (Fsp3) is 0.400. The summed E-state index contributed by atoms with van der Waals surface area (Å²) in [6.45, 7) is -0.666. The Hall–Kier alpha value is -3.75. The first-order valence-electron chi connectivity index (χ1n) is 11.3. The predicted octanol–water partition coefficient (Wildman–Crippen LogP) is 0.379. The third kappa shape index (κ3) is 4.66. The third-order valence-electron chi connectivity index (χ3n) is 6.15. The molecule has 13 nitrogen and oxygen atoms in total. The maximum Gasteiger partial charge on any atom is 0.229 e. The van der Waals surface area contributed by atoms with Gasteiger partial charge in [-0.2, -0.15) is 0 Å². The molecule has 1 fully saturated rings. The summed E-state index contributed by atoms with van der Waals surface area (Å²) >= 11 is 0. The van der Waals surface area contributed by atoms with Gasteiger partial charge in [-0.15, -0.1) is 0 Å². The highest BCUT2D eigenvalue weighted by Crippen LogP contribution is 2.51. The Labute approximate surface area is 215 Å². The molecule has 4 rings (SSSR count). The molecule has 0 saturated carbocycles. The average molecular weight is 536 g/mol. The van der Waals surface area contributed by atoms with Crippen LogP contribution >= 0.6 is 0 Å². The summed E-state index contributed by atoms with van der Waals surface area (Å²) in [6, 6.07) is 5.30. The van der Waals surface area contributed by atoms with Gasteiger partial charge in [0.1, 0.15) is 52.6 Å². The normalized spacial score (nSPS) is 23.2. The number of ether oxygens (including phenoxy) is 6. The van der Waals surface area contributed by atoms with Crippen molar-refractivity contribution in [2.24, 2.45) is 0 Å². The number of rotatable bonds is 8. The molecule has 1 aromatic heterocycles. The molecular formula is C25H28O13. The highest BCUT2D eigenvalue weighted by Gasteiger charge is 2.45. The van der Waals surface area contributed by atoms with Crippen molar-refractivity contribution >= 4 is 11.0 Å². The van der Waals surface area contributed by atoms with Gasteiger partial charge < -0.3 is 58.4 Å². The van der Waals surface area contributed by atoms with E-state index in [2.05, 4.69) is 0 Å². The van der Waals surface area contributed by atoms with Crippen LogP contribution in [0.4, 0.5) is 0 Å². The molecule has 2 aromatic carbocycles. The smallest absolute Gasteiger partial charge is 0.229 e. The van der Waals surface area contributed by atoms with E-state index < -0.39 is 42.7 Å². The molecule has 0 aliphatic carbocycles. The van der Waals surface area contributed by atoms with E-state index in [0.29, 0.717) is 0 Å². The zero-order valence-electron chi connectivity index (χ0n) is 20.9. The summed E-state index contributed by atoms with van der Waals surface area (Å²) in [4.78, 5) is 12.9. The Morgan fingerprint density at radius 1 is 0.842 bits per heavy atom. The minimum atomic E-state index is -1.73. The van der Waals surface area contributed by atoms with Crippen LogP contribution in [0.25, 0.3) is 22.3 Å². The summed E-state index contributed by atoms with van der Waals surface area (Å²) < 4.78 is 38.9. The van der Waals surface area contributed by atoms with Crippen molar-refractivity contribution in [3.8, 4) is 45.8 Å². The summed E-state index contributed by atoms with van der Waals surface area (Å²) in [5.74, 6) is -0.163. The Morgan fingerprint density at radius 3 is 2.16 bits per heavy atom. The van der Waals surface area contributed by atoms with Gasteiger partial charge in [-0.3, -0.25) is 4.79 Å². The number of aromatic hydroxyl groups is 1. The first-order valence-corrected chi connectivity index (χ1v) is 11.3. The van der Waals surface area contributed by atoms with Gasteiger partial charge in [0, 0.05) is 18.2 Å². The highest BCUT2D eigenvalue weighted by molar-refractivity contribution is 5.87. The molecule has 206 valence electrons. The van der Waals surface area contributed by atoms with Crippen LogP contribution in [-0.2, 0) is 4.74 Å². The van der Waals surface area contributed by atoms with Gasteiger partial charge in [-0.05, 0) is 6.07 Å². The molecule has 2 heterocycles. The van der Waals surface area contributed by atoms with Crippen LogP contribution in [0.15, 0.2) is 33.5 Å². The van der Waals surface area contributed by atoms with Crippen LogP contribution in [0.2, 0.25) is 0 Å². The maximum absolute atomic E-state index is 12.9. The lowest BCUT2D eigenvalue weighted by atomic mass is 9.99. The van der Waals surface area contributed by atoms with Crippen LogP contribution < -0.4 is 29.1 Å². The van der Waals surface area contributed by atoms with E-state index in [-0.39, 0.29) is 56.8 Å². The van der Waals surface area contributed by atoms with Gasteiger partial charge >= 0.3 is 0 Å². The zero-order chi connectivity index (χ0) is 27.7. The van der Waals surface area contributed by atoms with Gasteiger partial charge in [0.2, 0.25) is 17.8 Å². The van der Waals surface area contributed by atoms with Crippen molar-refractivity contribution in [1.29, 1.82) is 0 Å². The van der Waals surface area contributed by atoms with Crippen molar-refractivity contribution < 1.29 is 58.4 Å². The largest absolute Gasteiger partial charge is 0.507 e. The van der Waals surface area contributed by atoms with E-state index >= 15 is 0 Å². The van der Waals surface area contributed by atoms with E-state index in [0.717, 1.165) is 6.07 Å². The SMILES string of the molecule is COc1cc(O)c2c(=O)cc(-c3cc(OC)c(OC)c(OC4OC(CO)C(O)C(O)C4O)c3OC)oc2c1. The fourth-order valence-electron chi connectivity index (χ4n) is 4.21. The molecule has 3 aromatic rings. The van der Waals surface area contributed by atoms with Crippen molar-refractivity contribution in [1.82, 2.24) is 0 Å². The molecule has 1 aliphatic heterocycles. The third-order valence-corrected chi connectivity index (χ3v) is 6.15. The molecule has 0 amide bonds. The monoisotopic (exact) mass is 536 g/mol. The number of phenolic OH excluding ortho intramolecular Hbond substituents is 1. The number of aliphatic hydroxyl groups is 4. The molecular weight excluding hydrogens is 508 g/mol. The van der Waals surface area contributed by atoms with Crippen LogP contribution in [0, 0.1) is 0 Å². The van der Waals surface area contributed by atoms with Gasteiger partial charge in [-0.1, -0.05) is 0 Å². The highest BCUT2D eigenvalue weighted by atomic mass is 16.7. The maximum atomic E-state index is 12.9. The molecule has 38 heavy (non-hydrogen) atoms. The molecule has 13 heteroatoms. The van der Waals surface area contributed by atoms with Crippen LogP contribution in [-0.4, -0.2) is 91.3 Å². The summed E-state index contributed by atoms with van der Waals surface area (Å²) in [5.41, 5.74) is -0.377. The summed E-state index contributed by atoms with van der Waals surface area (Å²) in [6.07, 6.45) is -7.85. The number of hydrogen-bond donors (Lipinski definition) is 5. The van der Waals surface area contributed by atoms with Crippen LogP contribution in [0.5, 0.6) is 34.5 Å². The van der Waals surface area contributed by atoms with Gasteiger partial charge in [0.15, 0.2) is 16.9 Å². The van der Waals surface area contributed by atoms with E-state index in [1.54, 1.807) is 0 Å². The molecule has 5 atom stereocenters. The standard InChI is InChI=1S/C25H28O13/c1-32-10-5-12(27)18-13(28)8-14(36-15(18)6-10)11-7-16(33-2)23(35-4)24(22(11)34-3)38-25-21(31)20(30)19(29)17(9-26)37-25/h5-8,17,19-21,25-27,29-31H,9H2,1-4H3. The number of methoxy groups -OCH3 is 4. The van der Waals surface area contributed by atoms with Gasteiger partial charge in [-0.25, -0.2) is 0 Å². The van der Waals surface area contributed by atoms with Gasteiger partial charge in [0.05, 0.1) is 40.6 Å². The summed E-state index contributed by atoms with van der Waals surface area (Å²) in [5, 5.41) is 50.5. The second-order valence-corrected chi connectivity index (χ2v) is 8.33. The molecule has 0 bridgehead atoms. The number of fused-ring (bicyclic) bond motifs is 1. The minimum absolute atomic E-state index is 0.00695. The Kier molecular flexibility index (Phi) is 7.85. The lowest BCUT2D eigenvalue weighted by Crippen LogP contribution is -2.60. The Balaban J connectivity index is 1.91. The van der Waals surface area contributed by atoms with Crippen LogP contribution in [0.3, 0.4) is 0 Å². The first-order chi connectivity index (χ1) is 18.2. The summed E-state index contributed by atoms with van der Waals surface area (Å²) in [7, 11) is 5.37. The van der Waals surface area contributed by atoms with Crippen molar-refractivity contribution in [2.75, 3.05) is 35.0 Å². The molecule has 0 spiro atoms. The quantitative estimate of drug-likeness (QED) is 0.266. The molecule has 5 unspecified atom stereocenters. The molecule has 1 saturated heterocycles. The molecule has 0 radical (unpaired) electrons. The van der Waals surface area contributed by atoms with Crippen molar-refractivity contribution in [3.05, 3.63) is 34.5 Å². The molecule has 1 aliphatic rings.